The second kappa shape index (κ2) is 5.78. The lowest BCUT2D eigenvalue weighted by Gasteiger charge is -2.15. The monoisotopic (exact) mass is 319 g/mol. The Hall–Kier alpha value is -1.67. The minimum Gasteiger partial charge on any atom is -0.508 e. The second-order valence-corrected chi connectivity index (χ2v) is 4.93. The van der Waals surface area contributed by atoms with Crippen LogP contribution in [0.25, 0.3) is 0 Å². The summed E-state index contributed by atoms with van der Waals surface area (Å²) in [5, 5.41) is 28.5. The molecule has 0 saturated carbocycles. The minimum atomic E-state index is -1.90. The summed E-state index contributed by atoms with van der Waals surface area (Å²) in [6.07, 6.45) is 0. The molecule has 18 heavy (non-hydrogen) atoms. The third-order valence-electron chi connectivity index (χ3n) is 2.10. The van der Waals surface area contributed by atoms with Gasteiger partial charge in [-0.05, 0) is 24.3 Å². The molecular weight excluding hydrogens is 310 g/mol. The van der Waals surface area contributed by atoms with Gasteiger partial charge in [-0.3, -0.25) is 10.1 Å². The van der Waals surface area contributed by atoms with Crippen molar-refractivity contribution in [2.24, 2.45) is 0 Å². The van der Waals surface area contributed by atoms with E-state index in [4.69, 9.17) is 14.9 Å². The van der Waals surface area contributed by atoms with Gasteiger partial charge in [-0.2, -0.15) is 0 Å². The number of hydrogen-bond acceptors (Lipinski definition) is 6. The average Bonchev–Trinajstić information content (AvgIpc) is 2.36. The molecule has 1 aromatic rings. The van der Waals surface area contributed by atoms with Crippen LogP contribution in [0.3, 0.4) is 0 Å². The number of carbonyl (C=O) groups is 1. The Balaban J connectivity index is 2.66. The number of nitro groups is 1. The molecule has 0 heterocycles. The Labute approximate surface area is 110 Å². The number of halogens is 1. The molecule has 7 nitrogen and oxygen atoms in total. The van der Waals surface area contributed by atoms with Crippen LogP contribution in [-0.2, 0) is 4.74 Å². The quantitative estimate of drug-likeness (QED) is 0.274. The molecule has 0 saturated heterocycles. The molecule has 0 radical (unpaired) electrons. The highest BCUT2D eigenvalue weighted by Crippen LogP contribution is 2.19. The van der Waals surface area contributed by atoms with Crippen LogP contribution in [-0.4, -0.2) is 38.8 Å². The first-order valence-corrected chi connectivity index (χ1v) is 5.59. The van der Waals surface area contributed by atoms with Crippen LogP contribution in [0.2, 0.25) is 0 Å². The molecule has 1 unspecified atom stereocenters. The number of phenolic OH excluding ortho intramolecular Hbond substituents is 1. The van der Waals surface area contributed by atoms with Gasteiger partial charge in [0.05, 0.1) is 5.56 Å². The van der Waals surface area contributed by atoms with Crippen LogP contribution < -0.4 is 0 Å². The maximum atomic E-state index is 11.5. The van der Waals surface area contributed by atoms with Gasteiger partial charge < -0.3 is 14.9 Å². The van der Waals surface area contributed by atoms with E-state index in [1.54, 1.807) is 0 Å². The van der Waals surface area contributed by atoms with Crippen molar-refractivity contribution < 1.29 is 24.7 Å². The Bertz CT molecular complexity index is 448. The van der Waals surface area contributed by atoms with Gasteiger partial charge in [-0.15, -0.1) is 0 Å². The number of carbonyl (C=O) groups excluding carboxylic acids is 1. The molecule has 1 rings (SSSR count). The predicted octanol–water partition coefficient (Wildman–Crippen LogP) is 0.909. The molecule has 0 aliphatic carbocycles. The average molecular weight is 320 g/mol. The number of ether oxygens (including phenoxy) is 1. The van der Waals surface area contributed by atoms with E-state index in [0.717, 1.165) is 0 Å². The van der Waals surface area contributed by atoms with E-state index < -0.39 is 28.6 Å². The predicted molar refractivity (Wildman–Crippen MR) is 64.1 cm³/mol. The lowest BCUT2D eigenvalue weighted by molar-refractivity contribution is -0.541. The molecule has 98 valence electrons. The molecule has 0 amide bonds. The van der Waals surface area contributed by atoms with Crippen LogP contribution in [0.1, 0.15) is 10.4 Å². The van der Waals surface area contributed by atoms with Gasteiger partial charge in [0.1, 0.15) is 12.4 Å². The van der Waals surface area contributed by atoms with Crippen molar-refractivity contribution in [2.45, 2.75) is 4.45 Å². The number of esters is 1. The third-order valence-corrected chi connectivity index (χ3v) is 2.87. The van der Waals surface area contributed by atoms with Gasteiger partial charge >= 0.3 is 10.4 Å². The van der Waals surface area contributed by atoms with Crippen LogP contribution in [0, 0.1) is 10.1 Å². The van der Waals surface area contributed by atoms with Gasteiger partial charge in [0, 0.05) is 20.9 Å². The normalized spacial score (nSPS) is 13.7. The molecule has 0 aliphatic rings. The van der Waals surface area contributed by atoms with Crippen molar-refractivity contribution in [2.75, 3.05) is 13.2 Å². The zero-order valence-electron chi connectivity index (χ0n) is 9.08. The SMILES string of the molecule is O=C(OCC(Br)(CO)[N+](=O)[O-])c1ccc(O)cc1. The van der Waals surface area contributed by atoms with Crippen molar-refractivity contribution >= 4 is 21.9 Å². The molecular formula is C10H10BrNO6. The standard InChI is InChI=1S/C10H10BrNO6/c11-10(5-13,12(16)17)6-18-9(15)7-1-3-8(14)4-2-7/h1-4,13-14H,5-6H2. The summed E-state index contributed by atoms with van der Waals surface area (Å²) >= 11 is 2.70. The van der Waals surface area contributed by atoms with Crippen LogP contribution >= 0.6 is 15.9 Å². The van der Waals surface area contributed by atoms with E-state index in [2.05, 4.69) is 15.9 Å². The fourth-order valence-corrected chi connectivity index (χ4v) is 1.13. The van der Waals surface area contributed by atoms with E-state index in [1.165, 1.54) is 24.3 Å². The van der Waals surface area contributed by atoms with E-state index in [1.807, 2.05) is 0 Å². The van der Waals surface area contributed by atoms with Gasteiger partial charge in [0.2, 0.25) is 0 Å². The summed E-state index contributed by atoms with van der Waals surface area (Å²) < 4.78 is 2.81. The smallest absolute Gasteiger partial charge is 0.338 e. The van der Waals surface area contributed by atoms with Gasteiger partial charge in [0.25, 0.3) is 0 Å². The summed E-state index contributed by atoms with van der Waals surface area (Å²) in [5.41, 5.74) is 0.143. The fourth-order valence-electron chi connectivity index (χ4n) is 1.01. The van der Waals surface area contributed by atoms with E-state index >= 15 is 0 Å². The lowest BCUT2D eigenvalue weighted by Crippen LogP contribution is -2.41. The van der Waals surface area contributed by atoms with E-state index in [9.17, 15) is 14.9 Å². The summed E-state index contributed by atoms with van der Waals surface area (Å²) in [7, 11) is 0. The Morgan fingerprint density at radius 3 is 2.44 bits per heavy atom. The summed E-state index contributed by atoms with van der Waals surface area (Å²) in [4.78, 5) is 21.4. The maximum Gasteiger partial charge on any atom is 0.338 e. The first-order valence-electron chi connectivity index (χ1n) is 4.79. The molecule has 0 bridgehead atoms. The molecule has 0 fully saturated rings. The fraction of sp³-hybridized carbons (Fsp3) is 0.300. The van der Waals surface area contributed by atoms with Crippen LogP contribution in [0.4, 0.5) is 0 Å². The van der Waals surface area contributed by atoms with E-state index in [0.29, 0.717) is 0 Å². The minimum absolute atomic E-state index is 0.0120. The topological polar surface area (TPSA) is 110 Å². The van der Waals surface area contributed by atoms with Crippen molar-refractivity contribution in [3.8, 4) is 5.75 Å². The molecule has 2 N–H and O–H groups in total. The Morgan fingerprint density at radius 2 is 2.00 bits per heavy atom. The van der Waals surface area contributed by atoms with Crippen molar-refractivity contribution in [3.05, 3.63) is 39.9 Å². The second-order valence-electron chi connectivity index (χ2n) is 3.46. The number of nitrogens with zero attached hydrogens (tertiary/aromatic N) is 1. The number of rotatable bonds is 5. The zero-order chi connectivity index (χ0) is 13.8. The number of phenols is 1. The Kier molecular flexibility index (Phi) is 4.62. The van der Waals surface area contributed by atoms with Crippen LogP contribution in [0.15, 0.2) is 24.3 Å². The Morgan fingerprint density at radius 1 is 1.44 bits per heavy atom. The summed E-state index contributed by atoms with van der Waals surface area (Å²) in [6.45, 7) is -1.43. The molecule has 1 atom stereocenters. The highest BCUT2D eigenvalue weighted by Gasteiger charge is 2.41. The number of alkyl halides is 1. The van der Waals surface area contributed by atoms with Crippen molar-refractivity contribution in [3.63, 3.8) is 0 Å². The van der Waals surface area contributed by atoms with Gasteiger partial charge in [-0.1, -0.05) is 0 Å². The summed E-state index contributed by atoms with van der Waals surface area (Å²) in [6, 6.07) is 5.21. The molecule has 0 aliphatic heterocycles. The lowest BCUT2D eigenvalue weighted by atomic mass is 10.2. The molecule has 0 spiro atoms. The largest absolute Gasteiger partial charge is 0.508 e. The van der Waals surface area contributed by atoms with Gasteiger partial charge in [-0.25, -0.2) is 4.79 Å². The molecule has 0 aromatic heterocycles. The van der Waals surface area contributed by atoms with Crippen molar-refractivity contribution in [1.82, 2.24) is 0 Å². The number of hydrogen-bond donors (Lipinski definition) is 2. The highest BCUT2D eigenvalue weighted by atomic mass is 79.9. The maximum absolute atomic E-state index is 11.5. The number of aliphatic hydroxyl groups excluding tert-OH is 1. The number of aliphatic hydroxyl groups is 1. The van der Waals surface area contributed by atoms with Crippen molar-refractivity contribution in [1.29, 1.82) is 0 Å². The highest BCUT2D eigenvalue weighted by molar-refractivity contribution is 9.10. The number of aromatic hydroxyl groups is 1. The van der Waals surface area contributed by atoms with Crippen LogP contribution in [0.5, 0.6) is 5.75 Å². The first-order chi connectivity index (χ1) is 8.39. The molecule has 1 aromatic carbocycles. The third kappa shape index (κ3) is 3.41. The summed E-state index contributed by atoms with van der Waals surface area (Å²) in [5.74, 6) is -0.795. The molecule has 8 heteroatoms. The zero-order valence-corrected chi connectivity index (χ0v) is 10.7. The van der Waals surface area contributed by atoms with Gasteiger partial charge in [0.15, 0.2) is 6.61 Å². The number of benzene rings is 1. The first kappa shape index (κ1) is 14.4. The van der Waals surface area contributed by atoms with E-state index in [-0.39, 0.29) is 11.3 Å².